The Kier molecular flexibility index (Phi) is 8.82. The second-order valence-electron chi connectivity index (χ2n) is 6.71. The molecule has 2 aromatic carbocycles. The zero-order chi connectivity index (χ0) is 17.7. The van der Waals surface area contributed by atoms with E-state index in [1.165, 1.54) is 55.2 Å². The molecule has 1 N–H and O–H groups in total. The molecule has 2 aromatic rings. The predicted octanol–water partition coefficient (Wildman–Crippen LogP) is 5.89. The molecule has 134 valence electrons. The van der Waals surface area contributed by atoms with Gasteiger partial charge in [-0.15, -0.1) is 0 Å². The van der Waals surface area contributed by atoms with Crippen LogP contribution < -0.4 is 5.43 Å². The van der Waals surface area contributed by atoms with Crippen molar-refractivity contribution in [1.82, 2.24) is 5.43 Å². The van der Waals surface area contributed by atoms with Crippen molar-refractivity contribution in [1.29, 1.82) is 0 Å². The number of hydrogen-bond donors (Lipinski definition) is 1. The van der Waals surface area contributed by atoms with Crippen LogP contribution in [0.25, 0.3) is 0 Å². The van der Waals surface area contributed by atoms with Gasteiger partial charge in [0.15, 0.2) is 0 Å². The van der Waals surface area contributed by atoms with E-state index in [0.29, 0.717) is 0 Å². The summed E-state index contributed by atoms with van der Waals surface area (Å²) >= 11 is 0. The Labute approximate surface area is 153 Å². The van der Waals surface area contributed by atoms with Crippen LogP contribution in [-0.4, -0.2) is 6.21 Å². The van der Waals surface area contributed by atoms with Crippen LogP contribution in [0, 0.1) is 0 Å². The van der Waals surface area contributed by atoms with Gasteiger partial charge in [-0.2, -0.15) is 5.10 Å². The first-order valence-electron chi connectivity index (χ1n) is 9.74. The highest BCUT2D eigenvalue weighted by Gasteiger charge is 1.95. The number of rotatable bonds is 11. The van der Waals surface area contributed by atoms with E-state index in [9.17, 15) is 0 Å². The lowest BCUT2D eigenvalue weighted by Gasteiger charge is -2.04. The second kappa shape index (κ2) is 11.5. The Balaban J connectivity index is 1.72. The van der Waals surface area contributed by atoms with Crippen LogP contribution in [0.4, 0.5) is 0 Å². The minimum absolute atomic E-state index is 0.762. The minimum Gasteiger partial charge on any atom is -0.306 e. The van der Waals surface area contributed by atoms with Crippen LogP contribution in [-0.2, 0) is 19.4 Å². The molecule has 0 aliphatic rings. The lowest BCUT2D eigenvalue weighted by molar-refractivity contribution is 0.667. The summed E-state index contributed by atoms with van der Waals surface area (Å²) in [6.45, 7) is 5.23. The van der Waals surface area contributed by atoms with Gasteiger partial charge in [0, 0.05) is 0 Å². The lowest BCUT2D eigenvalue weighted by Crippen LogP contribution is -2.05. The summed E-state index contributed by atoms with van der Waals surface area (Å²) in [7, 11) is 0. The molecule has 0 atom stereocenters. The molecule has 0 saturated heterocycles. The summed E-state index contributed by atoms with van der Waals surface area (Å²) in [5.74, 6) is 0. The monoisotopic (exact) mass is 336 g/mol. The quantitative estimate of drug-likeness (QED) is 0.309. The van der Waals surface area contributed by atoms with Crippen LogP contribution in [0.1, 0.15) is 68.2 Å². The summed E-state index contributed by atoms with van der Waals surface area (Å²) < 4.78 is 0. The third kappa shape index (κ3) is 7.55. The van der Waals surface area contributed by atoms with Gasteiger partial charge in [-0.25, -0.2) is 0 Å². The Bertz CT molecular complexity index is 612. The molecule has 0 aromatic heterocycles. The first kappa shape index (κ1) is 19.2. The van der Waals surface area contributed by atoms with Crippen molar-refractivity contribution >= 4 is 6.21 Å². The van der Waals surface area contributed by atoms with E-state index in [-0.39, 0.29) is 0 Å². The van der Waals surface area contributed by atoms with Crippen LogP contribution in [0.5, 0.6) is 0 Å². The van der Waals surface area contributed by atoms with Gasteiger partial charge in [0.05, 0.1) is 12.8 Å². The Morgan fingerprint density at radius 2 is 1.36 bits per heavy atom. The summed E-state index contributed by atoms with van der Waals surface area (Å²) in [6, 6.07) is 17.5. The zero-order valence-corrected chi connectivity index (χ0v) is 15.8. The zero-order valence-electron chi connectivity index (χ0n) is 15.8. The fourth-order valence-electron chi connectivity index (χ4n) is 2.90. The molecule has 0 unspecified atom stereocenters. The summed E-state index contributed by atoms with van der Waals surface area (Å²) in [6.07, 6.45) is 10.7. The molecule has 0 bridgehead atoms. The van der Waals surface area contributed by atoms with Gasteiger partial charge in [-0.05, 0) is 41.5 Å². The molecule has 2 heteroatoms. The van der Waals surface area contributed by atoms with Crippen molar-refractivity contribution in [2.24, 2.45) is 5.10 Å². The molecule has 0 aliphatic carbocycles. The molecule has 0 saturated carbocycles. The molecule has 0 spiro atoms. The highest BCUT2D eigenvalue weighted by molar-refractivity contribution is 5.79. The number of unbranched alkanes of at least 4 members (excludes halogenated alkanes) is 3. The standard InChI is InChI=1S/C23H32N2/c1-3-5-6-7-9-21-12-16-23(17-13-21)19-25-24-18-22-14-10-20(8-4-2)11-15-22/h10-17,19,24H,3-9,18H2,1-2H3/b25-19-. The Morgan fingerprint density at radius 1 is 0.720 bits per heavy atom. The highest BCUT2D eigenvalue weighted by atomic mass is 15.3. The molecule has 2 nitrogen and oxygen atoms in total. The van der Waals surface area contributed by atoms with E-state index in [4.69, 9.17) is 0 Å². The van der Waals surface area contributed by atoms with Gasteiger partial charge in [-0.1, -0.05) is 88.1 Å². The van der Waals surface area contributed by atoms with Crippen molar-refractivity contribution in [3.05, 3.63) is 70.8 Å². The molecular formula is C23H32N2. The number of benzene rings is 2. The number of hydrazone groups is 1. The van der Waals surface area contributed by atoms with Crippen LogP contribution in [0.15, 0.2) is 53.6 Å². The van der Waals surface area contributed by atoms with Gasteiger partial charge in [0.25, 0.3) is 0 Å². The first-order chi connectivity index (χ1) is 12.3. The molecular weight excluding hydrogens is 304 g/mol. The summed E-state index contributed by atoms with van der Waals surface area (Å²) in [4.78, 5) is 0. The van der Waals surface area contributed by atoms with Crippen molar-refractivity contribution < 1.29 is 0 Å². The second-order valence-corrected chi connectivity index (χ2v) is 6.71. The topological polar surface area (TPSA) is 24.4 Å². The van der Waals surface area contributed by atoms with Crippen LogP contribution in [0.2, 0.25) is 0 Å². The van der Waals surface area contributed by atoms with Gasteiger partial charge < -0.3 is 5.43 Å². The molecule has 25 heavy (non-hydrogen) atoms. The largest absolute Gasteiger partial charge is 0.306 e. The van der Waals surface area contributed by atoms with Crippen molar-refractivity contribution in [3.63, 3.8) is 0 Å². The molecule has 0 amide bonds. The normalized spacial score (nSPS) is 11.1. The van der Waals surface area contributed by atoms with Crippen LogP contribution >= 0.6 is 0 Å². The molecule has 0 radical (unpaired) electrons. The van der Waals surface area contributed by atoms with Crippen molar-refractivity contribution in [3.8, 4) is 0 Å². The Hall–Kier alpha value is -2.09. The minimum atomic E-state index is 0.762. The van der Waals surface area contributed by atoms with E-state index in [2.05, 4.69) is 72.9 Å². The molecule has 0 aliphatic heterocycles. The van der Waals surface area contributed by atoms with E-state index in [1.807, 2.05) is 6.21 Å². The van der Waals surface area contributed by atoms with Crippen molar-refractivity contribution in [2.75, 3.05) is 0 Å². The van der Waals surface area contributed by atoms with E-state index >= 15 is 0 Å². The van der Waals surface area contributed by atoms with Gasteiger partial charge in [0.2, 0.25) is 0 Å². The Morgan fingerprint density at radius 3 is 2.04 bits per heavy atom. The van der Waals surface area contributed by atoms with Gasteiger partial charge in [-0.3, -0.25) is 0 Å². The average molecular weight is 337 g/mol. The highest BCUT2D eigenvalue weighted by Crippen LogP contribution is 2.09. The number of nitrogens with one attached hydrogen (secondary N) is 1. The smallest absolute Gasteiger partial charge is 0.0580 e. The lowest BCUT2D eigenvalue weighted by atomic mass is 10.1. The van der Waals surface area contributed by atoms with Gasteiger partial charge in [0.1, 0.15) is 0 Å². The average Bonchev–Trinajstić information content (AvgIpc) is 2.65. The number of aryl methyl sites for hydroxylation is 2. The maximum absolute atomic E-state index is 4.34. The van der Waals surface area contributed by atoms with Crippen molar-refractivity contribution in [2.45, 2.75) is 65.3 Å². The number of hydrogen-bond acceptors (Lipinski definition) is 2. The molecule has 2 rings (SSSR count). The van der Waals surface area contributed by atoms with Gasteiger partial charge >= 0.3 is 0 Å². The van der Waals surface area contributed by atoms with E-state index < -0.39 is 0 Å². The maximum atomic E-state index is 4.34. The molecule has 0 heterocycles. The fourth-order valence-corrected chi connectivity index (χ4v) is 2.90. The third-order valence-electron chi connectivity index (χ3n) is 4.45. The number of nitrogens with zero attached hydrogens (tertiary/aromatic N) is 1. The first-order valence-corrected chi connectivity index (χ1v) is 9.74. The summed E-state index contributed by atoms with van der Waals surface area (Å²) in [5.41, 5.74) is 8.37. The predicted molar refractivity (Wildman–Crippen MR) is 109 cm³/mol. The van der Waals surface area contributed by atoms with E-state index in [1.54, 1.807) is 0 Å². The maximum Gasteiger partial charge on any atom is 0.0580 e. The van der Waals surface area contributed by atoms with E-state index in [0.717, 1.165) is 18.5 Å². The van der Waals surface area contributed by atoms with Crippen LogP contribution in [0.3, 0.4) is 0 Å². The summed E-state index contributed by atoms with van der Waals surface area (Å²) in [5, 5.41) is 4.34. The fraction of sp³-hybridized carbons (Fsp3) is 0.435. The third-order valence-corrected chi connectivity index (χ3v) is 4.45. The SMILES string of the molecule is CCCCCCc1ccc(/C=N\NCc2ccc(CCC)cc2)cc1. The molecule has 0 fully saturated rings.